The maximum Gasteiger partial charge on any atom is 0.246 e. The molecule has 2 N–H and O–H groups in total. The minimum absolute atomic E-state index is 0.464. The molecule has 2 atom stereocenters. The lowest BCUT2D eigenvalue weighted by atomic mass is 9.97. The first-order valence-corrected chi connectivity index (χ1v) is 6.71. The van der Waals surface area contributed by atoms with Crippen molar-refractivity contribution in [3.8, 4) is 0 Å². The van der Waals surface area contributed by atoms with Gasteiger partial charge in [0.1, 0.15) is 5.60 Å². The number of aromatic nitrogens is 2. The summed E-state index contributed by atoms with van der Waals surface area (Å²) < 4.78 is 11.1. The van der Waals surface area contributed by atoms with Gasteiger partial charge in [0.15, 0.2) is 0 Å². The lowest BCUT2D eigenvalue weighted by Gasteiger charge is -2.24. The first-order valence-electron chi connectivity index (χ1n) is 6.71. The van der Waals surface area contributed by atoms with Crippen LogP contribution in [-0.2, 0) is 15.9 Å². The Morgan fingerprint density at radius 3 is 2.56 bits per heavy atom. The van der Waals surface area contributed by atoms with Crippen LogP contribution in [0, 0.1) is 5.92 Å². The van der Waals surface area contributed by atoms with Crippen LogP contribution in [0.3, 0.4) is 0 Å². The Morgan fingerprint density at radius 1 is 1.39 bits per heavy atom. The molecule has 1 saturated carbocycles. The highest BCUT2D eigenvalue weighted by Gasteiger charge is 2.45. The van der Waals surface area contributed by atoms with Crippen LogP contribution in [0.5, 0.6) is 0 Å². The maximum atomic E-state index is 6.28. The third-order valence-electron chi connectivity index (χ3n) is 3.92. The monoisotopic (exact) mass is 253 g/mol. The van der Waals surface area contributed by atoms with Gasteiger partial charge in [-0.2, -0.15) is 4.98 Å². The second-order valence-electron chi connectivity index (χ2n) is 5.50. The van der Waals surface area contributed by atoms with E-state index < -0.39 is 11.1 Å². The molecule has 2 rings (SSSR count). The number of hydrogen-bond donors (Lipinski definition) is 1. The van der Waals surface area contributed by atoms with E-state index in [9.17, 15) is 0 Å². The summed E-state index contributed by atoms with van der Waals surface area (Å²) in [7, 11) is 0. The lowest BCUT2D eigenvalue weighted by molar-refractivity contribution is -0.0403. The van der Waals surface area contributed by atoms with E-state index in [1.54, 1.807) is 0 Å². The molecule has 1 aliphatic carbocycles. The highest BCUT2D eigenvalue weighted by atomic mass is 16.5. The number of nitrogens with zero attached hydrogens (tertiary/aromatic N) is 2. The molecule has 0 spiro atoms. The van der Waals surface area contributed by atoms with E-state index in [1.807, 2.05) is 27.7 Å². The fourth-order valence-corrected chi connectivity index (χ4v) is 2.16. The van der Waals surface area contributed by atoms with Gasteiger partial charge in [0, 0.05) is 6.61 Å². The molecule has 1 aliphatic rings. The van der Waals surface area contributed by atoms with Gasteiger partial charge in [-0.1, -0.05) is 12.1 Å². The lowest BCUT2D eigenvalue weighted by Crippen LogP contribution is -2.36. The predicted octanol–water partition coefficient (Wildman–Crippen LogP) is 2.32. The molecule has 2 unspecified atom stereocenters. The van der Waals surface area contributed by atoms with Crippen LogP contribution in [0.25, 0.3) is 0 Å². The fraction of sp³-hybridized carbons (Fsp3) is 0.846. The molecule has 5 heteroatoms. The molecule has 0 amide bonds. The van der Waals surface area contributed by atoms with Crippen LogP contribution in [-0.4, -0.2) is 16.7 Å². The molecule has 1 heterocycles. The van der Waals surface area contributed by atoms with Crippen LogP contribution in [0.2, 0.25) is 0 Å². The van der Waals surface area contributed by atoms with Crippen molar-refractivity contribution in [1.29, 1.82) is 0 Å². The van der Waals surface area contributed by atoms with Crippen molar-refractivity contribution >= 4 is 0 Å². The Bertz CT molecular complexity index is 412. The van der Waals surface area contributed by atoms with E-state index in [0.717, 1.165) is 19.3 Å². The average molecular weight is 253 g/mol. The number of hydrogen-bond acceptors (Lipinski definition) is 5. The summed E-state index contributed by atoms with van der Waals surface area (Å²) in [5, 5.41) is 4.06. The molecular weight excluding hydrogens is 230 g/mol. The van der Waals surface area contributed by atoms with Crippen LogP contribution in [0.4, 0.5) is 0 Å². The minimum Gasteiger partial charge on any atom is -0.367 e. The van der Waals surface area contributed by atoms with Gasteiger partial charge in [-0.3, -0.25) is 0 Å². The molecule has 1 fully saturated rings. The first-order chi connectivity index (χ1) is 8.44. The molecule has 0 aliphatic heterocycles. The molecule has 5 nitrogen and oxygen atoms in total. The van der Waals surface area contributed by atoms with Gasteiger partial charge in [-0.05, 0) is 46.0 Å². The SMILES string of the molecule is CCOC(C)(CC)c1noc(C(C)(N)C2CC2)n1. The van der Waals surface area contributed by atoms with Crippen LogP contribution in [0.15, 0.2) is 4.52 Å². The Balaban J connectivity index is 2.24. The Hall–Kier alpha value is -0.940. The fourth-order valence-electron chi connectivity index (χ4n) is 2.16. The summed E-state index contributed by atoms with van der Waals surface area (Å²) in [5.41, 5.74) is 5.28. The molecule has 18 heavy (non-hydrogen) atoms. The molecule has 0 aromatic carbocycles. The maximum absolute atomic E-state index is 6.28. The van der Waals surface area contributed by atoms with Gasteiger partial charge >= 0.3 is 0 Å². The van der Waals surface area contributed by atoms with Gasteiger partial charge in [-0.25, -0.2) is 0 Å². The standard InChI is InChI=1S/C13H23N3O2/c1-5-12(3,17-6-2)10-15-11(18-16-10)13(4,14)9-7-8-9/h9H,5-8,14H2,1-4H3. The third kappa shape index (κ3) is 2.29. The van der Waals surface area contributed by atoms with Crippen molar-refractivity contribution in [3.63, 3.8) is 0 Å². The molecule has 1 aromatic heterocycles. The second-order valence-corrected chi connectivity index (χ2v) is 5.50. The van der Waals surface area contributed by atoms with Gasteiger partial charge in [0.25, 0.3) is 0 Å². The van der Waals surface area contributed by atoms with Crippen molar-refractivity contribution in [2.24, 2.45) is 11.7 Å². The van der Waals surface area contributed by atoms with Crippen LogP contribution >= 0.6 is 0 Å². The Labute approximate surface area is 108 Å². The summed E-state index contributed by atoms with van der Waals surface area (Å²) in [6.07, 6.45) is 3.08. The van der Waals surface area contributed by atoms with E-state index in [-0.39, 0.29) is 0 Å². The molecule has 0 radical (unpaired) electrons. The summed E-state index contributed by atoms with van der Waals surface area (Å²) in [4.78, 5) is 4.48. The van der Waals surface area contributed by atoms with E-state index in [1.165, 1.54) is 0 Å². The van der Waals surface area contributed by atoms with Crippen molar-refractivity contribution in [3.05, 3.63) is 11.7 Å². The molecular formula is C13H23N3O2. The minimum atomic E-state index is -0.508. The topological polar surface area (TPSA) is 74.2 Å². The number of ether oxygens (including phenoxy) is 1. The van der Waals surface area contributed by atoms with Crippen LogP contribution in [0.1, 0.15) is 58.7 Å². The zero-order chi connectivity index (χ0) is 13.4. The van der Waals surface area contributed by atoms with Gasteiger partial charge < -0.3 is 15.0 Å². The average Bonchev–Trinajstić information content (AvgIpc) is 3.07. The van der Waals surface area contributed by atoms with Crippen LogP contribution < -0.4 is 5.73 Å². The van der Waals surface area contributed by atoms with Crippen molar-refractivity contribution in [2.75, 3.05) is 6.61 Å². The van der Waals surface area contributed by atoms with Crippen molar-refractivity contribution in [1.82, 2.24) is 10.1 Å². The van der Waals surface area contributed by atoms with Gasteiger partial charge in [0.05, 0.1) is 5.54 Å². The van der Waals surface area contributed by atoms with E-state index in [0.29, 0.717) is 24.2 Å². The summed E-state index contributed by atoms with van der Waals surface area (Å²) in [6, 6.07) is 0. The highest BCUT2D eigenvalue weighted by Crippen LogP contribution is 2.43. The van der Waals surface area contributed by atoms with Crippen molar-refractivity contribution < 1.29 is 9.26 Å². The Morgan fingerprint density at radius 2 is 2.06 bits per heavy atom. The summed E-state index contributed by atoms with van der Waals surface area (Å²) in [5.74, 6) is 1.59. The largest absolute Gasteiger partial charge is 0.367 e. The molecule has 1 aromatic rings. The normalized spacial score (nSPS) is 22.5. The molecule has 0 saturated heterocycles. The number of rotatable bonds is 6. The number of nitrogens with two attached hydrogens (primary N) is 1. The molecule has 0 bridgehead atoms. The summed E-state index contributed by atoms with van der Waals surface area (Å²) >= 11 is 0. The quantitative estimate of drug-likeness (QED) is 0.842. The zero-order valence-electron chi connectivity index (χ0n) is 11.7. The van der Waals surface area contributed by atoms with Gasteiger partial charge in [0.2, 0.25) is 11.7 Å². The smallest absolute Gasteiger partial charge is 0.246 e. The van der Waals surface area contributed by atoms with E-state index in [2.05, 4.69) is 10.1 Å². The predicted molar refractivity (Wildman–Crippen MR) is 67.8 cm³/mol. The van der Waals surface area contributed by atoms with E-state index >= 15 is 0 Å². The Kier molecular flexibility index (Phi) is 3.47. The van der Waals surface area contributed by atoms with E-state index in [4.69, 9.17) is 15.0 Å². The first kappa shape index (κ1) is 13.5. The summed E-state index contributed by atoms with van der Waals surface area (Å²) in [6.45, 7) is 8.58. The van der Waals surface area contributed by atoms with Crippen molar-refractivity contribution in [2.45, 2.75) is 58.1 Å². The third-order valence-corrected chi connectivity index (χ3v) is 3.92. The highest BCUT2D eigenvalue weighted by molar-refractivity contribution is 5.09. The zero-order valence-corrected chi connectivity index (χ0v) is 11.7. The van der Waals surface area contributed by atoms with Gasteiger partial charge in [-0.15, -0.1) is 0 Å². The second kappa shape index (κ2) is 4.63. The molecule has 102 valence electrons.